The predicted molar refractivity (Wildman–Crippen MR) is 40.3 cm³/mol. The Bertz CT molecular complexity index is 153. The smallest absolute Gasteiger partial charge is 0.229 e. The molecule has 0 saturated carbocycles. The second-order valence-electron chi connectivity index (χ2n) is 2.61. The van der Waals surface area contributed by atoms with Crippen molar-refractivity contribution in [3.8, 4) is 0 Å². The van der Waals surface area contributed by atoms with Gasteiger partial charge >= 0.3 is 0 Å². The van der Waals surface area contributed by atoms with Gasteiger partial charge in [0.2, 0.25) is 5.91 Å². The zero-order chi connectivity index (χ0) is 7.56. The van der Waals surface area contributed by atoms with Crippen LogP contribution in [0.15, 0.2) is 12.8 Å². The summed E-state index contributed by atoms with van der Waals surface area (Å²) in [6.07, 6.45) is 3.59. The standard InChI is InChI=1S/C8H13NO/c1-3-7-5-6-9(4-2)8(7)10/h4,7H,2-3,5-6H2,1H3/t7-/m0/s1. The Hall–Kier alpha value is -0.790. The normalized spacial score (nSPS) is 25.5. The molecule has 1 atom stereocenters. The molecule has 1 fully saturated rings. The number of hydrogen-bond acceptors (Lipinski definition) is 1. The third-order valence-electron chi connectivity index (χ3n) is 2.06. The van der Waals surface area contributed by atoms with Gasteiger partial charge in [-0.2, -0.15) is 0 Å². The van der Waals surface area contributed by atoms with E-state index in [9.17, 15) is 4.79 Å². The molecule has 1 saturated heterocycles. The van der Waals surface area contributed by atoms with Crippen molar-refractivity contribution in [3.05, 3.63) is 12.8 Å². The fraction of sp³-hybridized carbons (Fsp3) is 0.625. The minimum absolute atomic E-state index is 0.248. The fourth-order valence-electron chi connectivity index (χ4n) is 1.32. The lowest BCUT2D eigenvalue weighted by molar-refractivity contribution is -0.128. The van der Waals surface area contributed by atoms with Crippen LogP contribution < -0.4 is 0 Å². The number of rotatable bonds is 2. The van der Waals surface area contributed by atoms with Gasteiger partial charge in [0.15, 0.2) is 0 Å². The molecule has 1 rings (SSSR count). The van der Waals surface area contributed by atoms with Gasteiger partial charge < -0.3 is 4.90 Å². The van der Waals surface area contributed by atoms with Crippen molar-refractivity contribution < 1.29 is 4.79 Å². The van der Waals surface area contributed by atoms with E-state index in [4.69, 9.17) is 0 Å². The summed E-state index contributed by atoms with van der Waals surface area (Å²) in [5.41, 5.74) is 0. The summed E-state index contributed by atoms with van der Waals surface area (Å²) in [5.74, 6) is 0.510. The third kappa shape index (κ3) is 1.06. The van der Waals surface area contributed by atoms with Crippen LogP contribution in [-0.4, -0.2) is 17.4 Å². The van der Waals surface area contributed by atoms with Crippen molar-refractivity contribution in [1.29, 1.82) is 0 Å². The van der Waals surface area contributed by atoms with E-state index in [1.54, 1.807) is 11.1 Å². The Labute approximate surface area is 61.5 Å². The summed E-state index contributed by atoms with van der Waals surface area (Å²) < 4.78 is 0. The Morgan fingerprint density at radius 2 is 2.60 bits per heavy atom. The summed E-state index contributed by atoms with van der Waals surface area (Å²) in [5, 5.41) is 0. The summed E-state index contributed by atoms with van der Waals surface area (Å²) in [7, 11) is 0. The molecule has 1 aliphatic heterocycles. The van der Waals surface area contributed by atoms with Crippen LogP contribution in [0, 0.1) is 5.92 Å². The molecule has 0 bridgehead atoms. The van der Waals surface area contributed by atoms with E-state index in [2.05, 4.69) is 13.5 Å². The maximum atomic E-state index is 11.2. The van der Waals surface area contributed by atoms with Crippen LogP contribution in [0.4, 0.5) is 0 Å². The molecule has 10 heavy (non-hydrogen) atoms. The summed E-state index contributed by atoms with van der Waals surface area (Å²) in [6, 6.07) is 0. The van der Waals surface area contributed by atoms with Crippen molar-refractivity contribution in [1.82, 2.24) is 4.90 Å². The number of carbonyl (C=O) groups excluding carboxylic acids is 1. The van der Waals surface area contributed by atoms with Crippen molar-refractivity contribution in [2.45, 2.75) is 19.8 Å². The minimum Gasteiger partial charge on any atom is -0.319 e. The first-order chi connectivity index (χ1) is 4.79. The largest absolute Gasteiger partial charge is 0.319 e. The molecule has 1 amide bonds. The van der Waals surface area contributed by atoms with E-state index < -0.39 is 0 Å². The van der Waals surface area contributed by atoms with Crippen LogP contribution in [0.5, 0.6) is 0 Å². The minimum atomic E-state index is 0.248. The van der Waals surface area contributed by atoms with E-state index in [-0.39, 0.29) is 11.8 Å². The molecule has 0 radical (unpaired) electrons. The number of nitrogens with zero attached hydrogens (tertiary/aromatic N) is 1. The average Bonchev–Trinajstić information content (AvgIpc) is 2.30. The van der Waals surface area contributed by atoms with Crippen molar-refractivity contribution in [3.63, 3.8) is 0 Å². The van der Waals surface area contributed by atoms with Gasteiger partial charge in [0.25, 0.3) is 0 Å². The van der Waals surface area contributed by atoms with Crippen molar-refractivity contribution in [2.75, 3.05) is 6.54 Å². The van der Waals surface area contributed by atoms with Gasteiger partial charge in [-0.1, -0.05) is 13.5 Å². The topological polar surface area (TPSA) is 20.3 Å². The molecule has 1 heterocycles. The van der Waals surface area contributed by atoms with Crippen LogP contribution in [0.3, 0.4) is 0 Å². The maximum Gasteiger partial charge on any atom is 0.229 e. The number of likely N-dealkylation sites (tertiary alicyclic amines) is 1. The lowest BCUT2D eigenvalue weighted by Crippen LogP contribution is -2.20. The highest BCUT2D eigenvalue weighted by Gasteiger charge is 2.27. The number of amides is 1. The molecule has 0 aromatic heterocycles. The first-order valence-corrected chi connectivity index (χ1v) is 3.72. The maximum absolute atomic E-state index is 11.2. The number of carbonyl (C=O) groups is 1. The Kier molecular flexibility index (Phi) is 2.10. The summed E-state index contributed by atoms with van der Waals surface area (Å²) in [4.78, 5) is 12.9. The lowest BCUT2D eigenvalue weighted by atomic mass is 10.1. The Morgan fingerprint density at radius 1 is 1.90 bits per heavy atom. The molecule has 0 aliphatic carbocycles. The highest BCUT2D eigenvalue weighted by Crippen LogP contribution is 2.20. The zero-order valence-corrected chi connectivity index (χ0v) is 6.34. The van der Waals surface area contributed by atoms with Crippen molar-refractivity contribution >= 4 is 5.91 Å². The summed E-state index contributed by atoms with van der Waals surface area (Å²) in [6.45, 7) is 6.48. The van der Waals surface area contributed by atoms with E-state index in [1.807, 2.05) is 0 Å². The van der Waals surface area contributed by atoms with Crippen LogP contribution in [0.25, 0.3) is 0 Å². The third-order valence-corrected chi connectivity index (χ3v) is 2.06. The first-order valence-electron chi connectivity index (χ1n) is 3.72. The van der Waals surface area contributed by atoms with Crippen LogP contribution in [-0.2, 0) is 4.79 Å². The van der Waals surface area contributed by atoms with Crippen LogP contribution in [0.1, 0.15) is 19.8 Å². The van der Waals surface area contributed by atoms with Gasteiger partial charge in [0.05, 0.1) is 0 Å². The van der Waals surface area contributed by atoms with Crippen LogP contribution in [0.2, 0.25) is 0 Å². The van der Waals surface area contributed by atoms with Gasteiger partial charge in [-0.25, -0.2) is 0 Å². The highest BCUT2D eigenvalue weighted by atomic mass is 16.2. The SMILES string of the molecule is C=CN1CC[C@H](CC)C1=O. The Balaban J connectivity index is 2.57. The van der Waals surface area contributed by atoms with E-state index >= 15 is 0 Å². The molecule has 0 aromatic carbocycles. The van der Waals surface area contributed by atoms with Gasteiger partial charge in [-0.15, -0.1) is 0 Å². The Morgan fingerprint density at radius 3 is 2.90 bits per heavy atom. The van der Waals surface area contributed by atoms with Crippen LogP contribution >= 0.6 is 0 Å². The molecule has 56 valence electrons. The quantitative estimate of drug-likeness (QED) is 0.566. The van der Waals surface area contributed by atoms with Gasteiger partial charge in [0, 0.05) is 12.5 Å². The van der Waals surface area contributed by atoms with E-state index in [0.29, 0.717) is 0 Å². The molecular weight excluding hydrogens is 126 g/mol. The number of hydrogen-bond donors (Lipinski definition) is 0. The van der Waals surface area contributed by atoms with Gasteiger partial charge in [0.1, 0.15) is 0 Å². The molecule has 0 aromatic rings. The fourth-order valence-corrected chi connectivity index (χ4v) is 1.32. The lowest BCUT2D eigenvalue weighted by Gasteiger charge is -2.08. The monoisotopic (exact) mass is 139 g/mol. The van der Waals surface area contributed by atoms with Gasteiger partial charge in [-0.3, -0.25) is 4.79 Å². The van der Waals surface area contributed by atoms with Crippen molar-refractivity contribution in [2.24, 2.45) is 5.92 Å². The zero-order valence-electron chi connectivity index (χ0n) is 6.34. The molecule has 0 spiro atoms. The second kappa shape index (κ2) is 2.86. The molecule has 0 unspecified atom stereocenters. The molecule has 1 aliphatic rings. The molecule has 0 N–H and O–H groups in total. The predicted octanol–water partition coefficient (Wildman–Crippen LogP) is 1.39. The van der Waals surface area contributed by atoms with E-state index in [0.717, 1.165) is 19.4 Å². The molecular formula is C8H13NO. The van der Waals surface area contributed by atoms with Gasteiger partial charge in [-0.05, 0) is 19.0 Å². The van der Waals surface area contributed by atoms with E-state index in [1.165, 1.54) is 0 Å². The second-order valence-corrected chi connectivity index (χ2v) is 2.61. The average molecular weight is 139 g/mol. The first kappa shape index (κ1) is 7.32. The molecule has 2 nitrogen and oxygen atoms in total. The highest BCUT2D eigenvalue weighted by molar-refractivity contribution is 5.81. The molecule has 2 heteroatoms. The summed E-state index contributed by atoms with van der Waals surface area (Å²) >= 11 is 0.